The van der Waals surface area contributed by atoms with Gasteiger partial charge >= 0.3 is 0 Å². The van der Waals surface area contributed by atoms with Crippen LogP contribution < -0.4 is 16.4 Å². The van der Waals surface area contributed by atoms with Gasteiger partial charge in [0.15, 0.2) is 0 Å². The van der Waals surface area contributed by atoms with Crippen molar-refractivity contribution in [2.45, 2.75) is 20.8 Å². The maximum atomic E-state index is 2.35. The van der Waals surface area contributed by atoms with Gasteiger partial charge in [-0.2, -0.15) is 0 Å². The Morgan fingerprint density at radius 2 is 1.03 bits per heavy atom. The molecule has 0 fully saturated rings. The summed E-state index contributed by atoms with van der Waals surface area (Å²) in [5.74, 6) is 0. The van der Waals surface area contributed by atoms with Crippen LogP contribution in [-0.4, -0.2) is 6.71 Å². The second kappa shape index (κ2) is 7.50. The summed E-state index contributed by atoms with van der Waals surface area (Å²) < 4.78 is 0. The van der Waals surface area contributed by atoms with Crippen LogP contribution in [0.3, 0.4) is 0 Å². The van der Waals surface area contributed by atoms with E-state index in [1.54, 1.807) is 0 Å². The van der Waals surface area contributed by atoms with Crippen LogP contribution in [0.4, 0.5) is 0 Å². The predicted molar refractivity (Wildman–Crippen MR) is 133 cm³/mol. The normalized spacial score (nSPS) is 11.2. The van der Waals surface area contributed by atoms with Crippen molar-refractivity contribution >= 4 is 44.6 Å². The van der Waals surface area contributed by atoms with Gasteiger partial charge in [0, 0.05) is 0 Å². The molecule has 0 amide bonds. The Hall–Kier alpha value is -3.32. The molecule has 0 radical (unpaired) electrons. The van der Waals surface area contributed by atoms with Gasteiger partial charge in [-0.25, -0.2) is 0 Å². The molecule has 5 rings (SSSR count). The molecule has 0 spiro atoms. The topological polar surface area (TPSA) is 0 Å². The van der Waals surface area contributed by atoms with Crippen molar-refractivity contribution in [3.8, 4) is 0 Å². The minimum absolute atomic E-state index is 0.182. The molecule has 0 saturated heterocycles. The van der Waals surface area contributed by atoms with Gasteiger partial charge in [0.1, 0.15) is 0 Å². The third-order valence-corrected chi connectivity index (χ3v) is 6.33. The number of fused-ring (bicyclic) bond motifs is 2. The molecule has 5 aromatic carbocycles. The van der Waals surface area contributed by atoms with Crippen LogP contribution in [0.5, 0.6) is 0 Å². The summed E-state index contributed by atoms with van der Waals surface area (Å²) in [7, 11) is 0. The lowest BCUT2D eigenvalue weighted by Crippen LogP contribution is -2.54. The molecule has 0 atom stereocenters. The molecule has 30 heavy (non-hydrogen) atoms. The Morgan fingerprint density at radius 1 is 0.500 bits per heavy atom. The van der Waals surface area contributed by atoms with Crippen LogP contribution in [0.25, 0.3) is 21.5 Å². The lowest BCUT2D eigenvalue weighted by molar-refractivity contribution is 1.49. The van der Waals surface area contributed by atoms with E-state index < -0.39 is 0 Å². The number of hydrogen-bond donors (Lipinski definition) is 0. The second-order valence-corrected chi connectivity index (χ2v) is 8.38. The van der Waals surface area contributed by atoms with Crippen molar-refractivity contribution < 1.29 is 0 Å². The van der Waals surface area contributed by atoms with E-state index in [1.165, 1.54) is 54.6 Å². The standard InChI is InChI=1S/C29H25B/c1-20-9-8-12-25(19-20)30(28-21(2)15-17-23-10-4-6-13-26(23)28)29-22(3)16-18-24-11-5-7-14-27(24)29/h4-19H,1-3H3. The zero-order chi connectivity index (χ0) is 20.7. The summed E-state index contributed by atoms with van der Waals surface area (Å²) in [5.41, 5.74) is 8.17. The van der Waals surface area contributed by atoms with Crippen LogP contribution in [-0.2, 0) is 0 Å². The summed E-state index contributed by atoms with van der Waals surface area (Å²) >= 11 is 0. The molecule has 0 unspecified atom stereocenters. The Bertz CT molecular complexity index is 1290. The van der Waals surface area contributed by atoms with Gasteiger partial charge in [-0.05, 0) is 42.3 Å². The lowest BCUT2D eigenvalue weighted by atomic mass is 9.34. The summed E-state index contributed by atoms with van der Waals surface area (Å²) in [4.78, 5) is 0. The molecule has 0 aliphatic carbocycles. The third-order valence-electron chi connectivity index (χ3n) is 6.33. The number of aryl methyl sites for hydroxylation is 3. The summed E-state index contributed by atoms with van der Waals surface area (Å²) in [6.07, 6.45) is 0. The van der Waals surface area contributed by atoms with E-state index in [-0.39, 0.29) is 6.71 Å². The van der Waals surface area contributed by atoms with Gasteiger partial charge < -0.3 is 0 Å². The molecule has 0 heterocycles. The first-order valence-corrected chi connectivity index (χ1v) is 10.7. The highest BCUT2D eigenvalue weighted by atomic mass is 14.1. The monoisotopic (exact) mass is 384 g/mol. The zero-order valence-electron chi connectivity index (χ0n) is 17.8. The Balaban J connectivity index is 1.93. The summed E-state index contributed by atoms with van der Waals surface area (Å²) in [5, 5.41) is 5.29. The van der Waals surface area contributed by atoms with Crippen molar-refractivity contribution in [3.63, 3.8) is 0 Å². The molecule has 5 aromatic rings. The molecule has 0 saturated carbocycles. The zero-order valence-corrected chi connectivity index (χ0v) is 17.8. The van der Waals surface area contributed by atoms with E-state index in [1.807, 2.05) is 0 Å². The average Bonchev–Trinajstić information content (AvgIpc) is 2.77. The summed E-state index contributed by atoms with van der Waals surface area (Å²) in [6, 6.07) is 35.7. The van der Waals surface area contributed by atoms with E-state index >= 15 is 0 Å². The Morgan fingerprint density at radius 3 is 1.57 bits per heavy atom. The highest BCUT2D eigenvalue weighted by molar-refractivity contribution is 6.98. The number of rotatable bonds is 3. The maximum Gasteiger partial charge on any atom is 0.243 e. The third kappa shape index (κ3) is 3.11. The molecule has 0 bridgehead atoms. The van der Waals surface area contributed by atoms with E-state index in [4.69, 9.17) is 0 Å². The molecule has 0 N–H and O–H groups in total. The summed E-state index contributed by atoms with van der Waals surface area (Å²) in [6.45, 7) is 6.88. The van der Waals surface area contributed by atoms with Gasteiger partial charge in [-0.1, -0.05) is 130 Å². The molecule has 0 aliphatic heterocycles. The van der Waals surface area contributed by atoms with Gasteiger partial charge in [0.05, 0.1) is 0 Å². The molecule has 1 heteroatoms. The molecule has 0 nitrogen and oxygen atoms in total. The SMILES string of the molecule is Cc1cccc(B(c2c(C)ccc3ccccc23)c2c(C)ccc3ccccc23)c1. The largest absolute Gasteiger partial charge is 0.243 e. The van der Waals surface area contributed by atoms with E-state index in [0.717, 1.165) is 0 Å². The minimum Gasteiger partial charge on any atom is -0.0683 e. The predicted octanol–water partition coefficient (Wildman–Crippen LogP) is 5.43. The van der Waals surface area contributed by atoms with Crippen molar-refractivity contribution in [1.82, 2.24) is 0 Å². The van der Waals surface area contributed by atoms with E-state index in [0.29, 0.717) is 0 Å². The van der Waals surface area contributed by atoms with Crippen LogP contribution in [0, 0.1) is 20.8 Å². The lowest BCUT2D eigenvalue weighted by Gasteiger charge is -2.24. The van der Waals surface area contributed by atoms with Crippen molar-refractivity contribution in [3.05, 3.63) is 114 Å². The first-order chi connectivity index (χ1) is 14.6. The average molecular weight is 384 g/mol. The highest BCUT2D eigenvalue weighted by Crippen LogP contribution is 2.19. The minimum atomic E-state index is 0.182. The van der Waals surface area contributed by atoms with Gasteiger partial charge in [0.2, 0.25) is 6.71 Å². The molecule has 0 aliphatic rings. The van der Waals surface area contributed by atoms with Crippen molar-refractivity contribution in [1.29, 1.82) is 0 Å². The quantitative estimate of drug-likeness (QED) is 0.364. The van der Waals surface area contributed by atoms with Crippen LogP contribution >= 0.6 is 0 Å². The van der Waals surface area contributed by atoms with Gasteiger partial charge in [0.25, 0.3) is 0 Å². The Kier molecular flexibility index (Phi) is 4.67. The van der Waals surface area contributed by atoms with Crippen molar-refractivity contribution in [2.75, 3.05) is 0 Å². The van der Waals surface area contributed by atoms with Crippen molar-refractivity contribution in [2.24, 2.45) is 0 Å². The first-order valence-electron chi connectivity index (χ1n) is 10.7. The smallest absolute Gasteiger partial charge is 0.0683 e. The van der Waals surface area contributed by atoms with Crippen LogP contribution in [0.1, 0.15) is 16.7 Å². The Labute approximate surface area is 179 Å². The number of benzene rings is 5. The molecular formula is C29H25B. The fourth-order valence-electron chi connectivity index (χ4n) is 4.90. The van der Waals surface area contributed by atoms with E-state index in [2.05, 4.69) is 118 Å². The fraction of sp³-hybridized carbons (Fsp3) is 0.103. The number of hydrogen-bond acceptors (Lipinski definition) is 0. The van der Waals surface area contributed by atoms with Gasteiger partial charge in [-0.3, -0.25) is 0 Å². The van der Waals surface area contributed by atoms with Crippen LogP contribution in [0.2, 0.25) is 0 Å². The molecular weight excluding hydrogens is 359 g/mol. The molecule has 0 aromatic heterocycles. The fourth-order valence-corrected chi connectivity index (χ4v) is 4.90. The highest BCUT2D eigenvalue weighted by Gasteiger charge is 2.28. The first kappa shape index (κ1) is 18.7. The van der Waals surface area contributed by atoms with Gasteiger partial charge in [-0.15, -0.1) is 0 Å². The molecule has 144 valence electrons. The van der Waals surface area contributed by atoms with E-state index in [9.17, 15) is 0 Å². The second-order valence-electron chi connectivity index (χ2n) is 8.38. The van der Waals surface area contributed by atoms with Crippen LogP contribution in [0.15, 0.2) is 97.1 Å². The maximum absolute atomic E-state index is 2.35.